The van der Waals surface area contributed by atoms with E-state index in [2.05, 4.69) is 23.8 Å². The predicted molar refractivity (Wildman–Crippen MR) is 67.2 cm³/mol. The maximum Gasteiger partial charge on any atom is 0.0945 e. The fraction of sp³-hybridized carbons (Fsp3) is 0.727. The Morgan fingerprint density at radius 3 is 2.56 bits per heavy atom. The van der Waals surface area contributed by atoms with Gasteiger partial charge in [0.2, 0.25) is 0 Å². The van der Waals surface area contributed by atoms with Crippen LogP contribution in [0, 0.1) is 5.92 Å². The van der Waals surface area contributed by atoms with Crippen LogP contribution in [-0.2, 0) is 11.0 Å². The lowest BCUT2D eigenvalue weighted by molar-refractivity contribution is 0.415. The molecule has 5 heteroatoms. The molecule has 1 unspecified atom stereocenters. The number of H-pyrrole nitrogens is 1. The standard InChI is InChI=1S/C11H21N3OS/c1-8(2)9(10-6-13-7-14-10)5-11(3,4)16(12)15/h6-9H,5,12H2,1-4H3,(H,13,14)/t9-,16?/m1/s1. The molecular formula is C11H21N3OS. The molecule has 0 saturated heterocycles. The molecule has 16 heavy (non-hydrogen) atoms. The van der Waals surface area contributed by atoms with Crippen molar-refractivity contribution in [1.82, 2.24) is 9.97 Å². The van der Waals surface area contributed by atoms with Gasteiger partial charge in [-0.2, -0.15) is 0 Å². The van der Waals surface area contributed by atoms with Gasteiger partial charge in [-0.3, -0.25) is 5.14 Å². The molecule has 0 aliphatic heterocycles. The number of rotatable bonds is 5. The number of hydrogen-bond acceptors (Lipinski definition) is 2. The molecule has 0 fully saturated rings. The predicted octanol–water partition coefficient (Wildman–Crippen LogP) is 1.94. The first-order chi connectivity index (χ1) is 7.34. The fourth-order valence-electron chi connectivity index (χ4n) is 1.79. The van der Waals surface area contributed by atoms with E-state index in [1.54, 1.807) is 6.33 Å². The van der Waals surface area contributed by atoms with Gasteiger partial charge < -0.3 is 4.98 Å². The number of nitrogens with zero attached hydrogens (tertiary/aromatic N) is 1. The van der Waals surface area contributed by atoms with Crippen LogP contribution in [0.5, 0.6) is 0 Å². The first kappa shape index (κ1) is 13.4. The van der Waals surface area contributed by atoms with Crippen molar-refractivity contribution in [3.05, 3.63) is 18.2 Å². The summed E-state index contributed by atoms with van der Waals surface area (Å²) in [6.45, 7) is 8.19. The molecule has 0 aliphatic rings. The van der Waals surface area contributed by atoms with Crippen molar-refractivity contribution in [2.75, 3.05) is 0 Å². The second-order valence-electron chi connectivity index (χ2n) is 5.12. The molecule has 1 rings (SSSR count). The fourth-order valence-corrected chi connectivity index (χ4v) is 2.13. The molecule has 0 radical (unpaired) electrons. The summed E-state index contributed by atoms with van der Waals surface area (Å²) in [5, 5.41) is 5.52. The Morgan fingerprint density at radius 1 is 1.56 bits per heavy atom. The van der Waals surface area contributed by atoms with Crippen LogP contribution in [0.4, 0.5) is 0 Å². The summed E-state index contributed by atoms with van der Waals surface area (Å²) in [7, 11) is -1.31. The zero-order valence-corrected chi connectivity index (χ0v) is 11.2. The molecule has 1 aromatic rings. The number of nitrogens with one attached hydrogen (secondary N) is 1. The van der Waals surface area contributed by atoms with Crippen molar-refractivity contribution in [1.29, 1.82) is 0 Å². The Hall–Kier alpha value is -0.680. The summed E-state index contributed by atoms with van der Waals surface area (Å²) >= 11 is 0. The number of aromatic amines is 1. The largest absolute Gasteiger partial charge is 0.348 e. The van der Waals surface area contributed by atoms with Crippen LogP contribution in [0.15, 0.2) is 12.5 Å². The second kappa shape index (κ2) is 5.10. The Kier molecular flexibility index (Phi) is 4.27. The van der Waals surface area contributed by atoms with E-state index >= 15 is 0 Å². The minimum atomic E-state index is -1.31. The maximum atomic E-state index is 11.5. The van der Waals surface area contributed by atoms with Gasteiger partial charge in [-0.15, -0.1) is 0 Å². The number of aromatic nitrogens is 2. The molecule has 0 amide bonds. The molecule has 0 aromatic carbocycles. The lowest BCUT2D eigenvalue weighted by Gasteiger charge is -2.29. The van der Waals surface area contributed by atoms with Crippen LogP contribution in [0.3, 0.4) is 0 Å². The zero-order chi connectivity index (χ0) is 12.3. The monoisotopic (exact) mass is 243 g/mol. The second-order valence-corrected chi connectivity index (χ2v) is 6.82. The van der Waals surface area contributed by atoms with Crippen molar-refractivity contribution in [2.24, 2.45) is 11.1 Å². The van der Waals surface area contributed by atoms with Gasteiger partial charge >= 0.3 is 0 Å². The lowest BCUT2D eigenvalue weighted by Crippen LogP contribution is -2.34. The summed E-state index contributed by atoms with van der Waals surface area (Å²) < 4.78 is 11.1. The molecule has 0 spiro atoms. The Labute approximate surface area is 99.6 Å². The topological polar surface area (TPSA) is 71.8 Å². The van der Waals surface area contributed by atoms with Gasteiger partial charge in [0.05, 0.1) is 22.1 Å². The molecule has 1 heterocycles. The number of nitrogens with two attached hydrogens (primary N) is 1. The van der Waals surface area contributed by atoms with E-state index in [1.807, 2.05) is 20.0 Å². The van der Waals surface area contributed by atoms with Crippen molar-refractivity contribution in [3.8, 4) is 0 Å². The Balaban J connectivity index is 2.86. The Morgan fingerprint density at radius 2 is 2.19 bits per heavy atom. The summed E-state index contributed by atoms with van der Waals surface area (Å²) in [6, 6.07) is 0. The average Bonchev–Trinajstić information content (AvgIpc) is 2.66. The van der Waals surface area contributed by atoms with Crippen molar-refractivity contribution in [2.45, 2.75) is 44.8 Å². The molecule has 1 aromatic heterocycles. The maximum absolute atomic E-state index is 11.5. The third-order valence-electron chi connectivity index (χ3n) is 2.98. The minimum Gasteiger partial charge on any atom is -0.348 e. The zero-order valence-electron chi connectivity index (χ0n) is 10.4. The molecule has 0 saturated carbocycles. The van der Waals surface area contributed by atoms with Gasteiger partial charge in [0.15, 0.2) is 0 Å². The van der Waals surface area contributed by atoms with Crippen LogP contribution in [0.2, 0.25) is 0 Å². The van der Waals surface area contributed by atoms with Gasteiger partial charge in [-0.1, -0.05) is 13.8 Å². The van der Waals surface area contributed by atoms with Crippen LogP contribution < -0.4 is 5.14 Å². The normalized spacial score (nSPS) is 16.4. The van der Waals surface area contributed by atoms with E-state index in [-0.39, 0.29) is 4.75 Å². The molecular weight excluding hydrogens is 222 g/mol. The van der Waals surface area contributed by atoms with Crippen molar-refractivity contribution < 1.29 is 4.21 Å². The first-order valence-corrected chi connectivity index (χ1v) is 6.70. The minimum absolute atomic E-state index is 0.310. The van der Waals surface area contributed by atoms with Crippen molar-refractivity contribution >= 4 is 11.0 Å². The third-order valence-corrected chi connectivity index (χ3v) is 4.24. The first-order valence-electron chi connectivity index (χ1n) is 5.49. The van der Waals surface area contributed by atoms with Gasteiger partial charge in [0, 0.05) is 17.8 Å². The summed E-state index contributed by atoms with van der Waals surface area (Å²) in [5.74, 6) is 0.772. The van der Waals surface area contributed by atoms with Crippen LogP contribution in [-0.4, -0.2) is 18.9 Å². The summed E-state index contributed by atoms with van der Waals surface area (Å²) in [5.41, 5.74) is 1.09. The molecule has 0 aliphatic carbocycles. The summed E-state index contributed by atoms with van der Waals surface area (Å²) in [6.07, 6.45) is 4.30. The highest BCUT2D eigenvalue weighted by Crippen LogP contribution is 2.33. The molecule has 3 N–H and O–H groups in total. The highest BCUT2D eigenvalue weighted by atomic mass is 32.2. The van der Waals surface area contributed by atoms with Gasteiger partial charge in [-0.25, -0.2) is 9.19 Å². The van der Waals surface area contributed by atoms with Gasteiger partial charge in [0.1, 0.15) is 0 Å². The number of imidazole rings is 1. The molecule has 4 nitrogen and oxygen atoms in total. The highest BCUT2D eigenvalue weighted by Gasteiger charge is 2.30. The van der Waals surface area contributed by atoms with E-state index in [0.717, 1.165) is 12.1 Å². The molecule has 92 valence electrons. The van der Waals surface area contributed by atoms with E-state index in [0.29, 0.717) is 11.8 Å². The van der Waals surface area contributed by atoms with E-state index in [9.17, 15) is 4.21 Å². The van der Waals surface area contributed by atoms with Crippen LogP contribution >= 0.6 is 0 Å². The summed E-state index contributed by atoms with van der Waals surface area (Å²) in [4.78, 5) is 7.17. The van der Waals surface area contributed by atoms with Crippen LogP contribution in [0.1, 0.15) is 45.7 Å². The highest BCUT2D eigenvalue weighted by molar-refractivity contribution is 7.84. The molecule has 2 atom stereocenters. The van der Waals surface area contributed by atoms with Gasteiger partial charge in [0.25, 0.3) is 0 Å². The van der Waals surface area contributed by atoms with E-state index < -0.39 is 11.0 Å². The third kappa shape index (κ3) is 3.15. The van der Waals surface area contributed by atoms with E-state index in [1.165, 1.54) is 0 Å². The van der Waals surface area contributed by atoms with Gasteiger partial charge in [-0.05, 0) is 26.2 Å². The SMILES string of the molecule is CC(C)[C@@H](CC(C)(C)S(N)=O)c1cnc[nH]1. The average molecular weight is 243 g/mol. The van der Waals surface area contributed by atoms with Crippen LogP contribution in [0.25, 0.3) is 0 Å². The smallest absolute Gasteiger partial charge is 0.0945 e. The van der Waals surface area contributed by atoms with Crippen molar-refractivity contribution in [3.63, 3.8) is 0 Å². The quantitative estimate of drug-likeness (QED) is 0.829. The number of hydrogen-bond donors (Lipinski definition) is 2. The van der Waals surface area contributed by atoms with E-state index in [4.69, 9.17) is 5.14 Å². The Bertz CT molecular complexity index is 346. The lowest BCUT2D eigenvalue weighted by atomic mass is 9.85. The molecule has 0 bridgehead atoms.